The highest BCUT2D eigenvalue weighted by Crippen LogP contribution is 2.34. The first kappa shape index (κ1) is 14.3. The maximum atomic E-state index is 12.3. The van der Waals surface area contributed by atoms with Crippen molar-refractivity contribution in [3.8, 4) is 0 Å². The van der Waals surface area contributed by atoms with Gasteiger partial charge in [-0.2, -0.15) is 0 Å². The molecule has 0 aromatic rings. The zero-order valence-corrected chi connectivity index (χ0v) is 12.2. The summed E-state index contributed by atoms with van der Waals surface area (Å²) in [5.74, 6) is -0.288. The first-order valence-electron chi connectivity index (χ1n) is 7.17. The van der Waals surface area contributed by atoms with Gasteiger partial charge in [-0.05, 0) is 25.7 Å². The van der Waals surface area contributed by atoms with Crippen molar-refractivity contribution in [2.45, 2.75) is 67.2 Å². The van der Waals surface area contributed by atoms with Crippen molar-refractivity contribution in [1.29, 1.82) is 0 Å². The van der Waals surface area contributed by atoms with Gasteiger partial charge in [-0.1, -0.05) is 41.5 Å². The molecule has 0 heterocycles. The van der Waals surface area contributed by atoms with Gasteiger partial charge in [-0.15, -0.1) is 0 Å². The van der Waals surface area contributed by atoms with E-state index in [1.54, 1.807) is 0 Å². The van der Waals surface area contributed by atoms with E-state index in [1.165, 1.54) is 0 Å². The number of rotatable bonds is 7. The minimum atomic E-state index is -0.534. The highest BCUT2D eigenvalue weighted by Gasteiger charge is 2.31. The van der Waals surface area contributed by atoms with Gasteiger partial charge in [0.2, 0.25) is 0 Å². The van der Waals surface area contributed by atoms with Gasteiger partial charge in [0, 0.05) is 16.9 Å². The van der Waals surface area contributed by atoms with E-state index in [2.05, 4.69) is 0 Å². The zero-order chi connectivity index (χ0) is 14.6. The summed E-state index contributed by atoms with van der Waals surface area (Å²) in [5, 5.41) is 10.2. The molecule has 0 aliphatic rings. The number of carbonyl (C=O) groups excluding carboxylic acids is 1. The smallest absolute Gasteiger partial charge is 0.164 e. The standard InChI is InChI=1S/C15H28O2/c1-7-14(5,8-2)12(16)11-13(17)15(6,9-3)10-4/h11,16H,7-10H2,1-6H3/i11D. The van der Waals surface area contributed by atoms with Crippen LogP contribution in [0.1, 0.15) is 68.6 Å². The average Bonchev–Trinajstić information content (AvgIpc) is 2.42. The number of aliphatic hydroxyl groups is 1. The highest BCUT2D eigenvalue weighted by molar-refractivity contribution is 5.94. The molecule has 0 saturated heterocycles. The molecule has 1 N–H and O–H groups in total. The van der Waals surface area contributed by atoms with Crippen LogP contribution >= 0.6 is 0 Å². The van der Waals surface area contributed by atoms with Crippen molar-refractivity contribution in [2.24, 2.45) is 10.8 Å². The minimum Gasteiger partial charge on any atom is -0.512 e. The van der Waals surface area contributed by atoms with Gasteiger partial charge in [0.15, 0.2) is 5.78 Å². The number of allylic oxidation sites excluding steroid dienone is 2. The van der Waals surface area contributed by atoms with Gasteiger partial charge in [-0.25, -0.2) is 0 Å². The van der Waals surface area contributed by atoms with Crippen molar-refractivity contribution in [2.75, 3.05) is 0 Å². The molecule has 2 heteroatoms. The quantitative estimate of drug-likeness (QED) is 0.520. The number of carbonyl (C=O) groups is 1. The lowest BCUT2D eigenvalue weighted by Crippen LogP contribution is -2.26. The molecule has 0 radical (unpaired) electrons. The highest BCUT2D eigenvalue weighted by atomic mass is 16.3. The number of ketones is 1. The molecule has 2 nitrogen and oxygen atoms in total. The van der Waals surface area contributed by atoms with Crippen LogP contribution in [0.25, 0.3) is 0 Å². The Balaban J connectivity index is 5.49. The van der Waals surface area contributed by atoms with Gasteiger partial charge >= 0.3 is 0 Å². The van der Waals surface area contributed by atoms with Crippen LogP contribution in [0.3, 0.4) is 0 Å². The largest absolute Gasteiger partial charge is 0.512 e. The van der Waals surface area contributed by atoms with Crippen molar-refractivity contribution < 1.29 is 11.3 Å². The fourth-order valence-corrected chi connectivity index (χ4v) is 1.57. The second-order valence-electron chi connectivity index (χ2n) is 5.34. The third-order valence-corrected chi connectivity index (χ3v) is 4.47. The fourth-order valence-electron chi connectivity index (χ4n) is 1.57. The van der Waals surface area contributed by atoms with E-state index in [9.17, 15) is 9.90 Å². The van der Waals surface area contributed by atoms with Gasteiger partial charge in [0.1, 0.15) is 5.76 Å². The molecule has 0 spiro atoms. The molecule has 0 bridgehead atoms. The first-order valence-corrected chi connectivity index (χ1v) is 6.67. The number of aliphatic hydroxyl groups excluding tert-OH is 1. The molecular formula is C15H28O2. The Morgan fingerprint density at radius 1 is 1.06 bits per heavy atom. The van der Waals surface area contributed by atoms with Crippen LogP contribution in [0.5, 0.6) is 0 Å². The second kappa shape index (κ2) is 6.23. The molecule has 0 fully saturated rings. The molecule has 0 aliphatic carbocycles. The van der Waals surface area contributed by atoms with E-state index in [1.807, 2.05) is 41.5 Å². The molecule has 0 aliphatic heterocycles. The van der Waals surface area contributed by atoms with Crippen LogP contribution < -0.4 is 0 Å². The number of hydrogen-bond acceptors (Lipinski definition) is 2. The van der Waals surface area contributed by atoms with Crippen molar-refractivity contribution >= 4 is 5.78 Å². The van der Waals surface area contributed by atoms with Crippen molar-refractivity contribution in [1.82, 2.24) is 0 Å². The van der Waals surface area contributed by atoms with Crippen LogP contribution in [0.2, 0.25) is 0 Å². The van der Waals surface area contributed by atoms with E-state index in [0.29, 0.717) is 12.8 Å². The van der Waals surface area contributed by atoms with Gasteiger partial charge < -0.3 is 5.11 Å². The average molecular weight is 241 g/mol. The van der Waals surface area contributed by atoms with E-state index >= 15 is 0 Å². The molecule has 0 rings (SSSR count). The Bertz CT molecular complexity index is 323. The number of hydrogen-bond donors (Lipinski definition) is 1. The lowest BCUT2D eigenvalue weighted by molar-refractivity contribution is -0.123. The molecule has 0 atom stereocenters. The van der Waals surface area contributed by atoms with E-state index in [-0.39, 0.29) is 17.6 Å². The summed E-state index contributed by atoms with van der Waals surface area (Å²) in [6, 6.07) is -0.201. The Kier molecular flexibility index (Phi) is 5.23. The predicted octanol–water partition coefficient (Wildman–Crippen LogP) is 4.65. The summed E-state index contributed by atoms with van der Waals surface area (Å²) in [7, 11) is 0. The maximum absolute atomic E-state index is 12.3. The molecule has 100 valence electrons. The SMILES string of the molecule is [2H]C(C(=O)C(C)(CC)CC)=C(O)C(C)(CC)CC. The van der Waals surface area contributed by atoms with Crippen LogP contribution in [-0.2, 0) is 4.79 Å². The van der Waals surface area contributed by atoms with Crippen LogP contribution in [0.4, 0.5) is 0 Å². The molecule has 0 saturated carbocycles. The molecule has 0 aromatic heterocycles. The molecule has 17 heavy (non-hydrogen) atoms. The van der Waals surface area contributed by atoms with Crippen LogP contribution in [0.15, 0.2) is 11.8 Å². The Morgan fingerprint density at radius 3 is 1.71 bits per heavy atom. The molecule has 0 amide bonds. The third-order valence-electron chi connectivity index (χ3n) is 4.47. The van der Waals surface area contributed by atoms with Crippen molar-refractivity contribution in [3.63, 3.8) is 0 Å². The van der Waals surface area contributed by atoms with E-state index in [0.717, 1.165) is 12.8 Å². The summed E-state index contributed by atoms with van der Waals surface area (Å²) in [4.78, 5) is 12.3. The Morgan fingerprint density at radius 2 is 1.41 bits per heavy atom. The van der Waals surface area contributed by atoms with Gasteiger partial charge in [0.25, 0.3) is 0 Å². The van der Waals surface area contributed by atoms with Crippen LogP contribution in [-0.4, -0.2) is 10.9 Å². The molecular weight excluding hydrogens is 212 g/mol. The fraction of sp³-hybridized carbons (Fsp3) is 0.800. The molecule has 0 unspecified atom stereocenters. The summed E-state index contributed by atoms with van der Waals surface area (Å²) < 4.78 is 7.99. The normalized spacial score (nSPS) is 15.3. The summed E-state index contributed by atoms with van der Waals surface area (Å²) in [6.45, 7) is 11.6. The summed E-state index contributed by atoms with van der Waals surface area (Å²) in [6.07, 6.45) is 2.82. The van der Waals surface area contributed by atoms with Crippen LogP contribution in [0, 0.1) is 10.8 Å². The molecule has 0 aromatic carbocycles. The topological polar surface area (TPSA) is 37.3 Å². The zero-order valence-electron chi connectivity index (χ0n) is 13.2. The minimum absolute atomic E-state index is 0.0503. The lowest BCUT2D eigenvalue weighted by Gasteiger charge is -2.28. The Hall–Kier alpha value is -0.790. The summed E-state index contributed by atoms with van der Waals surface area (Å²) in [5.41, 5.74) is -0.997. The van der Waals surface area contributed by atoms with E-state index < -0.39 is 10.8 Å². The monoisotopic (exact) mass is 241 g/mol. The van der Waals surface area contributed by atoms with Gasteiger partial charge in [0.05, 0.1) is 1.37 Å². The maximum Gasteiger partial charge on any atom is 0.164 e. The predicted molar refractivity (Wildman–Crippen MR) is 73.1 cm³/mol. The first-order chi connectivity index (χ1) is 8.22. The third kappa shape index (κ3) is 3.58. The van der Waals surface area contributed by atoms with E-state index in [4.69, 9.17) is 1.37 Å². The van der Waals surface area contributed by atoms with Crippen molar-refractivity contribution in [3.05, 3.63) is 11.8 Å². The Labute approximate surface area is 108 Å². The summed E-state index contributed by atoms with van der Waals surface area (Å²) >= 11 is 0. The second-order valence-corrected chi connectivity index (χ2v) is 5.34. The van der Waals surface area contributed by atoms with Gasteiger partial charge in [-0.3, -0.25) is 4.79 Å². The lowest BCUT2D eigenvalue weighted by atomic mass is 9.77.